The van der Waals surface area contributed by atoms with Crippen LogP contribution in [-0.2, 0) is 0 Å². The molecule has 1 nitrogen and oxygen atoms in total. The largest absolute Gasteiger partial charge is 0.307 e. The lowest BCUT2D eigenvalue weighted by atomic mass is 9.99. The Bertz CT molecular complexity index is 406. The van der Waals surface area contributed by atoms with Crippen LogP contribution in [0.1, 0.15) is 57.1 Å². The molecule has 0 saturated heterocycles. The summed E-state index contributed by atoms with van der Waals surface area (Å²) >= 11 is 0. The fourth-order valence-electron chi connectivity index (χ4n) is 2.97. The zero-order valence-electron chi connectivity index (χ0n) is 11.7. The summed E-state index contributed by atoms with van der Waals surface area (Å²) < 4.78 is 13.1. The predicted octanol–water partition coefficient (Wildman–Crippen LogP) is 4.45. The highest BCUT2D eigenvalue weighted by Crippen LogP contribution is 2.42. The van der Waals surface area contributed by atoms with Crippen molar-refractivity contribution in [1.82, 2.24) is 5.32 Å². The lowest BCUT2D eigenvalue weighted by molar-refractivity contribution is 0.366. The van der Waals surface area contributed by atoms with Crippen LogP contribution in [0.25, 0.3) is 0 Å². The van der Waals surface area contributed by atoms with Gasteiger partial charge in [0, 0.05) is 12.1 Å². The van der Waals surface area contributed by atoms with E-state index in [2.05, 4.69) is 12.2 Å². The van der Waals surface area contributed by atoms with Crippen LogP contribution < -0.4 is 5.32 Å². The minimum Gasteiger partial charge on any atom is -0.307 e. The highest BCUT2D eigenvalue weighted by Gasteiger charge is 2.34. The van der Waals surface area contributed by atoms with E-state index >= 15 is 0 Å². The van der Waals surface area contributed by atoms with Crippen molar-refractivity contribution in [3.63, 3.8) is 0 Å². The van der Waals surface area contributed by atoms with Crippen molar-refractivity contribution in [3.05, 3.63) is 35.6 Å². The fraction of sp³-hybridized carbons (Fsp3) is 0.647. The molecule has 0 aromatic heterocycles. The Hall–Kier alpha value is -0.890. The molecule has 1 aromatic carbocycles. The maximum Gasteiger partial charge on any atom is 0.123 e. The van der Waals surface area contributed by atoms with Crippen LogP contribution in [0.15, 0.2) is 24.3 Å². The molecule has 0 heterocycles. The molecular weight excluding hydrogens is 237 g/mol. The van der Waals surface area contributed by atoms with Crippen LogP contribution in [0.4, 0.5) is 4.39 Å². The number of hydrogen-bond acceptors (Lipinski definition) is 1. The number of benzene rings is 1. The first-order valence-corrected chi connectivity index (χ1v) is 7.77. The molecule has 0 spiro atoms. The normalized spacial score (nSPS) is 22.2. The van der Waals surface area contributed by atoms with Gasteiger partial charge in [0.05, 0.1) is 0 Å². The molecule has 2 unspecified atom stereocenters. The summed E-state index contributed by atoms with van der Waals surface area (Å²) in [6, 6.07) is 8.15. The van der Waals surface area contributed by atoms with Crippen molar-refractivity contribution >= 4 is 0 Å². The Morgan fingerprint density at radius 2 is 1.84 bits per heavy atom. The molecule has 2 fully saturated rings. The number of halogens is 1. The van der Waals surface area contributed by atoms with E-state index in [1.54, 1.807) is 12.1 Å². The number of hydrogen-bond donors (Lipinski definition) is 1. The smallest absolute Gasteiger partial charge is 0.123 e. The summed E-state index contributed by atoms with van der Waals surface area (Å²) in [5.41, 5.74) is 1.26. The molecule has 0 radical (unpaired) electrons. The lowest BCUT2D eigenvalue weighted by Gasteiger charge is -2.25. The molecule has 2 heteroatoms. The molecule has 0 bridgehead atoms. The summed E-state index contributed by atoms with van der Waals surface area (Å²) in [6.07, 6.45) is 7.98. The van der Waals surface area contributed by atoms with Crippen molar-refractivity contribution in [2.24, 2.45) is 11.8 Å². The van der Waals surface area contributed by atoms with Crippen molar-refractivity contribution in [2.45, 2.75) is 57.5 Å². The van der Waals surface area contributed by atoms with Gasteiger partial charge in [0.2, 0.25) is 0 Å². The Morgan fingerprint density at radius 3 is 2.37 bits per heavy atom. The first-order chi connectivity index (χ1) is 9.26. The Balaban J connectivity index is 1.67. The van der Waals surface area contributed by atoms with Crippen LogP contribution >= 0.6 is 0 Å². The molecule has 2 aliphatic carbocycles. The van der Waals surface area contributed by atoms with Crippen molar-refractivity contribution in [1.29, 1.82) is 0 Å². The molecule has 3 rings (SSSR count). The van der Waals surface area contributed by atoms with E-state index in [1.807, 2.05) is 12.1 Å². The van der Waals surface area contributed by atoms with Gasteiger partial charge in [-0.1, -0.05) is 31.9 Å². The SMILES string of the molecule is CCC(CC1CC1)NC(c1ccc(F)cc1)C1CC1. The van der Waals surface area contributed by atoms with Gasteiger partial charge in [0.25, 0.3) is 0 Å². The number of nitrogens with one attached hydrogen (secondary N) is 1. The Kier molecular flexibility index (Phi) is 3.88. The molecule has 1 aromatic rings. The molecular formula is C17H24FN. The van der Waals surface area contributed by atoms with E-state index in [4.69, 9.17) is 0 Å². The first-order valence-electron chi connectivity index (χ1n) is 7.77. The predicted molar refractivity (Wildman–Crippen MR) is 76.4 cm³/mol. The van der Waals surface area contributed by atoms with Gasteiger partial charge in [-0.05, 0) is 55.2 Å². The van der Waals surface area contributed by atoms with E-state index in [9.17, 15) is 4.39 Å². The van der Waals surface area contributed by atoms with Gasteiger partial charge in [-0.15, -0.1) is 0 Å². The summed E-state index contributed by atoms with van der Waals surface area (Å²) in [7, 11) is 0. The van der Waals surface area contributed by atoms with E-state index < -0.39 is 0 Å². The van der Waals surface area contributed by atoms with Gasteiger partial charge >= 0.3 is 0 Å². The molecule has 104 valence electrons. The van der Waals surface area contributed by atoms with Crippen molar-refractivity contribution in [3.8, 4) is 0 Å². The maximum atomic E-state index is 13.1. The van der Waals surface area contributed by atoms with Crippen LogP contribution in [0.3, 0.4) is 0 Å². The molecule has 19 heavy (non-hydrogen) atoms. The van der Waals surface area contributed by atoms with E-state index in [-0.39, 0.29) is 5.82 Å². The second kappa shape index (κ2) is 5.62. The average molecular weight is 261 g/mol. The van der Waals surface area contributed by atoms with Crippen LogP contribution in [0.5, 0.6) is 0 Å². The van der Waals surface area contributed by atoms with Gasteiger partial charge in [0.15, 0.2) is 0 Å². The molecule has 2 atom stereocenters. The average Bonchev–Trinajstić information content (AvgIpc) is 3.28. The summed E-state index contributed by atoms with van der Waals surface area (Å²) in [5, 5.41) is 3.85. The van der Waals surface area contributed by atoms with Crippen LogP contribution in [-0.4, -0.2) is 6.04 Å². The lowest BCUT2D eigenvalue weighted by Crippen LogP contribution is -2.34. The van der Waals surface area contributed by atoms with Crippen molar-refractivity contribution in [2.75, 3.05) is 0 Å². The quantitative estimate of drug-likeness (QED) is 0.765. The van der Waals surface area contributed by atoms with Gasteiger partial charge in [-0.3, -0.25) is 0 Å². The number of rotatable bonds is 7. The standard InChI is InChI=1S/C17H24FN/c1-2-16(11-12-3-4-12)19-17(13-5-6-13)14-7-9-15(18)10-8-14/h7-10,12-13,16-17,19H,2-6,11H2,1H3. The molecule has 2 aliphatic rings. The first kappa shape index (κ1) is 13.1. The zero-order chi connectivity index (χ0) is 13.2. The highest BCUT2D eigenvalue weighted by molar-refractivity contribution is 5.22. The molecule has 0 amide bonds. The van der Waals surface area contributed by atoms with E-state index in [1.165, 1.54) is 44.1 Å². The molecule has 2 saturated carbocycles. The van der Waals surface area contributed by atoms with Crippen LogP contribution in [0.2, 0.25) is 0 Å². The molecule has 1 N–H and O–H groups in total. The Labute approximate surface area is 115 Å². The second-order valence-corrected chi connectivity index (χ2v) is 6.32. The van der Waals surface area contributed by atoms with E-state index in [0.717, 1.165) is 11.8 Å². The van der Waals surface area contributed by atoms with Gasteiger partial charge in [0.1, 0.15) is 5.82 Å². The van der Waals surface area contributed by atoms with Crippen molar-refractivity contribution < 1.29 is 4.39 Å². The minimum atomic E-state index is -0.136. The summed E-state index contributed by atoms with van der Waals surface area (Å²) in [6.45, 7) is 2.27. The third kappa shape index (κ3) is 3.56. The molecule has 0 aliphatic heterocycles. The zero-order valence-corrected chi connectivity index (χ0v) is 11.7. The Morgan fingerprint density at radius 1 is 1.16 bits per heavy atom. The topological polar surface area (TPSA) is 12.0 Å². The minimum absolute atomic E-state index is 0.136. The monoisotopic (exact) mass is 261 g/mol. The highest BCUT2D eigenvalue weighted by atomic mass is 19.1. The van der Waals surface area contributed by atoms with Gasteiger partial charge in [-0.2, -0.15) is 0 Å². The second-order valence-electron chi connectivity index (χ2n) is 6.32. The van der Waals surface area contributed by atoms with E-state index in [0.29, 0.717) is 12.1 Å². The third-order valence-corrected chi connectivity index (χ3v) is 4.55. The fourth-order valence-corrected chi connectivity index (χ4v) is 2.97. The maximum absolute atomic E-state index is 13.1. The van der Waals surface area contributed by atoms with Crippen LogP contribution in [0, 0.1) is 17.7 Å². The summed E-state index contributed by atoms with van der Waals surface area (Å²) in [5.74, 6) is 1.59. The van der Waals surface area contributed by atoms with Gasteiger partial charge in [-0.25, -0.2) is 4.39 Å². The summed E-state index contributed by atoms with van der Waals surface area (Å²) in [4.78, 5) is 0. The van der Waals surface area contributed by atoms with Gasteiger partial charge < -0.3 is 5.32 Å². The third-order valence-electron chi connectivity index (χ3n) is 4.55.